The molecule has 0 bridgehead atoms. The predicted molar refractivity (Wildman–Crippen MR) is 60.2 cm³/mol. The van der Waals surface area contributed by atoms with Crippen LogP contribution < -0.4 is 0 Å². The summed E-state index contributed by atoms with van der Waals surface area (Å²) in [5.74, 6) is 0.836. The highest BCUT2D eigenvalue weighted by molar-refractivity contribution is 5.83. The molecule has 0 spiro atoms. The Balaban J connectivity index is 3.00. The van der Waals surface area contributed by atoms with Crippen LogP contribution in [0.1, 0.15) is 53.9 Å². The molecule has 1 aliphatic rings. The molecule has 1 nitrogen and oxygen atoms in total. The van der Waals surface area contributed by atoms with E-state index in [-0.39, 0.29) is 5.41 Å². The Morgan fingerprint density at radius 3 is 2.21 bits per heavy atom. The summed E-state index contributed by atoms with van der Waals surface area (Å²) in [5.41, 5.74) is 2.85. The van der Waals surface area contributed by atoms with Gasteiger partial charge < -0.3 is 0 Å². The van der Waals surface area contributed by atoms with E-state index in [0.717, 1.165) is 19.3 Å². The molecule has 0 fully saturated rings. The monoisotopic (exact) mass is 194 g/mol. The molecule has 1 heteroatoms. The number of hydrogen-bond acceptors (Lipinski definition) is 1. The summed E-state index contributed by atoms with van der Waals surface area (Å²) in [6.45, 7) is 10.5. The second-order valence-electron chi connectivity index (χ2n) is 5.10. The summed E-state index contributed by atoms with van der Waals surface area (Å²) in [4.78, 5) is 11.8. The lowest BCUT2D eigenvalue weighted by molar-refractivity contribution is -0.129. The maximum absolute atomic E-state index is 11.8. The number of Topliss-reactive ketones (excluding diaryl/α,β-unsaturated/α-hetero) is 1. The zero-order valence-electron chi connectivity index (χ0n) is 10.1. The quantitative estimate of drug-likeness (QED) is 0.612. The van der Waals surface area contributed by atoms with E-state index in [2.05, 4.69) is 27.7 Å². The fraction of sp³-hybridized carbons (Fsp3) is 0.769. The number of carbonyl (C=O) groups excluding carboxylic acids is 1. The van der Waals surface area contributed by atoms with E-state index >= 15 is 0 Å². The summed E-state index contributed by atoms with van der Waals surface area (Å²) >= 11 is 0. The van der Waals surface area contributed by atoms with Crippen LogP contribution in [0, 0.1) is 11.3 Å². The smallest absolute Gasteiger partial charge is 0.136 e. The van der Waals surface area contributed by atoms with Gasteiger partial charge in [0.15, 0.2) is 0 Å². The van der Waals surface area contributed by atoms with Gasteiger partial charge in [0.1, 0.15) is 5.78 Å². The summed E-state index contributed by atoms with van der Waals surface area (Å²) < 4.78 is 0. The number of carbonyl (C=O) groups is 1. The Bertz CT molecular complexity index is 273. The predicted octanol–water partition coefficient (Wildman–Crippen LogP) is 3.74. The van der Waals surface area contributed by atoms with Crippen molar-refractivity contribution in [2.45, 2.75) is 53.9 Å². The molecule has 0 N–H and O–H groups in total. The van der Waals surface area contributed by atoms with Crippen LogP contribution in [0.4, 0.5) is 0 Å². The van der Waals surface area contributed by atoms with Crippen molar-refractivity contribution in [3.05, 3.63) is 11.1 Å². The van der Waals surface area contributed by atoms with E-state index in [0.29, 0.717) is 11.7 Å². The molecule has 1 unspecified atom stereocenters. The van der Waals surface area contributed by atoms with Crippen molar-refractivity contribution in [3.8, 4) is 0 Å². The van der Waals surface area contributed by atoms with Gasteiger partial charge in [-0.05, 0) is 46.0 Å². The van der Waals surface area contributed by atoms with Crippen LogP contribution in [0.3, 0.4) is 0 Å². The largest absolute Gasteiger partial charge is 0.299 e. The highest BCUT2D eigenvalue weighted by atomic mass is 16.1. The number of rotatable bonds is 2. The van der Waals surface area contributed by atoms with Crippen LogP contribution >= 0.6 is 0 Å². The first-order valence-corrected chi connectivity index (χ1v) is 5.56. The Labute approximate surface area is 87.6 Å². The average Bonchev–Trinajstić information content (AvgIpc) is 2.09. The van der Waals surface area contributed by atoms with Crippen molar-refractivity contribution in [2.75, 3.05) is 0 Å². The standard InChI is InChI=1S/C13H22O/c1-9(2)13(12(5)14)7-6-10(3)11(4)8-13/h9H,6-8H2,1-5H3. The highest BCUT2D eigenvalue weighted by Gasteiger charge is 2.40. The van der Waals surface area contributed by atoms with Crippen molar-refractivity contribution in [3.63, 3.8) is 0 Å². The molecule has 1 rings (SSSR count). The molecule has 0 radical (unpaired) electrons. The van der Waals surface area contributed by atoms with Gasteiger partial charge in [0.2, 0.25) is 0 Å². The Morgan fingerprint density at radius 1 is 1.29 bits per heavy atom. The normalized spacial score (nSPS) is 28.4. The molecule has 0 saturated carbocycles. The molecule has 0 heterocycles. The average molecular weight is 194 g/mol. The fourth-order valence-corrected chi connectivity index (χ4v) is 2.54. The number of hydrogen-bond donors (Lipinski definition) is 0. The third-order valence-electron chi connectivity index (χ3n) is 4.06. The third-order valence-corrected chi connectivity index (χ3v) is 4.06. The molecule has 0 aromatic rings. The van der Waals surface area contributed by atoms with E-state index in [1.54, 1.807) is 6.92 Å². The summed E-state index contributed by atoms with van der Waals surface area (Å²) in [7, 11) is 0. The summed E-state index contributed by atoms with van der Waals surface area (Å²) in [6.07, 6.45) is 3.12. The number of ketones is 1. The van der Waals surface area contributed by atoms with Crippen LogP contribution in [0.2, 0.25) is 0 Å². The first kappa shape index (κ1) is 11.5. The van der Waals surface area contributed by atoms with Crippen molar-refractivity contribution < 1.29 is 4.79 Å². The van der Waals surface area contributed by atoms with Crippen LogP contribution in [-0.2, 0) is 4.79 Å². The molecule has 14 heavy (non-hydrogen) atoms. The molecule has 0 aliphatic heterocycles. The first-order chi connectivity index (χ1) is 6.40. The highest BCUT2D eigenvalue weighted by Crippen LogP contribution is 2.45. The molecular formula is C13H22O. The van der Waals surface area contributed by atoms with Gasteiger partial charge in [-0.25, -0.2) is 0 Å². The zero-order valence-corrected chi connectivity index (χ0v) is 10.1. The van der Waals surface area contributed by atoms with Gasteiger partial charge >= 0.3 is 0 Å². The van der Waals surface area contributed by atoms with E-state index in [1.165, 1.54) is 11.1 Å². The van der Waals surface area contributed by atoms with E-state index in [1.807, 2.05) is 0 Å². The lowest BCUT2D eigenvalue weighted by Crippen LogP contribution is -2.37. The van der Waals surface area contributed by atoms with E-state index in [4.69, 9.17) is 0 Å². The van der Waals surface area contributed by atoms with Gasteiger partial charge in [0.25, 0.3) is 0 Å². The van der Waals surface area contributed by atoms with Crippen LogP contribution in [-0.4, -0.2) is 5.78 Å². The van der Waals surface area contributed by atoms with Crippen LogP contribution in [0.25, 0.3) is 0 Å². The van der Waals surface area contributed by atoms with Gasteiger partial charge in [-0.15, -0.1) is 0 Å². The molecule has 0 aromatic heterocycles. The lowest BCUT2D eigenvalue weighted by atomic mass is 9.63. The van der Waals surface area contributed by atoms with Gasteiger partial charge in [-0.1, -0.05) is 25.0 Å². The van der Waals surface area contributed by atoms with Crippen LogP contribution in [0.15, 0.2) is 11.1 Å². The lowest BCUT2D eigenvalue weighted by Gasteiger charge is -2.39. The fourth-order valence-electron chi connectivity index (χ4n) is 2.54. The topological polar surface area (TPSA) is 17.1 Å². The van der Waals surface area contributed by atoms with Crippen LogP contribution in [0.5, 0.6) is 0 Å². The van der Waals surface area contributed by atoms with Crippen molar-refractivity contribution in [2.24, 2.45) is 11.3 Å². The van der Waals surface area contributed by atoms with Gasteiger partial charge in [0, 0.05) is 5.41 Å². The minimum Gasteiger partial charge on any atom is -0.299 e. The first-order valence-electron chi connectivity index (χ1n) is 5.56. The third kappa shape index (κ3) is 1.77. The van der Waals surface area contributed by atoms with E-state index in [9.17, 15) is 4.79 Å². The molecule has 0 amide bonds. The van der Waals surface area contributed by atoms with Gasteiger partial charge in [-0.3, -0.25) is 4.79 Å². The second kappa shape index (κ2) is 3.88. The molecule has 80 valence electrons. The zero-order chi connectivity index (χ0) is 10.9. The minimum absolute atomic E-state index is 0.0659. The van der Waals surface area contributed by atoms with Gasteiger partial charge in [0.05, 0.1) is 0 Å². The maximum atomic E-state index is 11.8. The molecule has 0 saturated heterocycles. The van der Waals surface area contributed by atoms with Crippen molar-refractivity contribution in [1.29, 1.82) is 0 Å². The Hall–Kier alpha value is -0.590. The summed E-state index contributed by atoms with van der Waals surface area (Å²) in [6, 6.07) is 0. The van der Waals surface area contributed by atoms with Crippen molar-refractivity contribution in [1.82, 2.24) is 0 Å². The minimum atomic E-state index is -0.0659. The number of allylic oxidation sites excluding steroid dienone is 2. The molecule has 0 aromatic carbocycles. The van der Waals surface area contributed by atoms with Gasteiger partial charge in [-0.2, -0.15) is 0 Å². The SMILES string of the molecule is CC(=O)C1(C(C)C)CCC(C)=C(C)C1. The molecule has 1 aliphatic carbocycles. The summed E-state index contributed by atoms with van der Waals surface area (Å²) in [5, 5.41) is 0. The van der Waals surface area contributed by atoms with E-state index < -0.39 is 0 Å². The molecular weight excluding hydrogens is 172 g/mol. The Kier molecular flexibility index (Phi) is 3.18. The molecule has 1 atom stereocenters. The Morgan fingerprint density at radius 2 is 1.86 bits per heavy atom. The second-order valence-corrected chi connectivity index (χ2v) is 5.10. The van der Waals surface area contributed by atoms with Crippen molar-refractivity contribution >= 4 is 5.78 Å². The maximum Gasteiger partial charge on any atom is 0.136 e.